The van der Waals surface area contributed by atoms with Gasteiger partial charge in [0.25, 0.3) is 0 Å². The molecule has 2 rings (SSSR count). The van der Waals surface area contributed by atoms with Crippen LogP contribution in [0.15, 0.2) is 42.5 Å². The summed E-state index contributed by atoms with van der Waals surface area (Å²) in [5.74, 6) is 1.65. The number of hydrogen-bond donors (Lipinski definition) is 1. The summed E-state index contributed by atoms with van der Waals surface area (Å²) in [6, 6.07) is 14.8. The second-order valence-corrected chi connectivity index (χ2v) is 5.19. The van der Waals surface area contributed by atoms with Crippen LogP contribution < -0.4 is 14.8 Å². The molecule has 1 atom stereocenters. The van der Waals surface area contributed by atoms with Crippen LogP contribution in [0.2, 0.25) is 0 Å². The van der Waals surface area contributed by atoms with Crippen LogP contribution in [-0.4, -0.2) is 14.2 Å². The Balaban J connectivity index is 2.05. The lowest BCUT2D eigenvalue weighted by Gasteiger charge is -2.16. The lowest BCUT2D eigenvalue weighted by molar-refractivity contribution is 0.389. The van der Waals surface area contributed by atoms with Gasteiger partial charge in [0.15, 0.2) is 0 Å². The first-order valence-electron chi connectivity index (χ1n) is 7.15. The van der Waals surface area contributed by atoms with Crippen molar-refractivity contribution in [3.05, 3.63) is 59.2 Å². The SMILES string of the molecule is COc1ccc(CN[C@H](C)c2cccc(C)c2)c(OC)c1. The first-order chi connectivity index (χ1) is 10.1. The molecule has 112 valence electrons. The van der Waals surface area contributed by atoms with Crippen LogP contribution in [0.5, 0.6) is 11.5 Å². The Hall–Kier alpha value is -2.00. The van der Waals surface area contributed by atoms with Crippen LogP contribution in [0.3, 0.4) is 0 Å². The van der Waals surface area contributed by atoms with Crippen LogP contribution in [0.1, 0.15) is 29.7 Å². The number of methoxy groups -OCH3 is 2. The fraction of sp³-hybridized carbons (Fsp3) is 0.333. The van der Waals surface area contributed by atoms with E-state index in [1.165, 1.54) is 11.1 Å². The number of benzene rings is 2. The lowest BCUT2D eigenvalue weighted by Crippen LogP contribution is -2.18. The highest BCUT2D eigenvalue weighted by Gasteiger charge is 2.08. The summed E-state index contributed by atoms with van der Waals surface area (Å²) in [4.78, 5) is 0. The third-order valence-corrected chi connectivity index (χ3v) is 3.64. The molecule has 0 fully saturated rings. The second-order valence-electron chi connectivity index (χ2n) is 5.19. The van der Waals surface area contributed by atoms with E-state index in [1.54, 1.807) is 14.2 Å². The van der Waals surface area contributed by atoms with Crippen LogP contribution in [0.25, 0.3) is 0 Å². The van der Waals surface area contributed by atoms with Gasteiger partial charge < -0.3 is 14.8 Å². The zero-order chi connectivity index (χ0) is 15.2. The van der Waals surface area contributed by atoms with E-state index in [4.69, 9.17) is 9.47 Å². The average molecular weight is 285 g/mol. The maximum Gasteiger partial charge on any atom is 0.127 e. The van der Waals surface area contributed by atoms with Gasteiger partial charge in [-0.2, -0.15) is 0 Å². The Morgan fingerprint density at radius 1 is 1.05 bits per heavy atom. The van der Waals surface area contributed by atoms with Gasteiger partial charge in [-0.1, -0.05) is 35.9 Å². The molecular formula is C18H23NO2. The number of nitrogens with one attached hydrogen (secondary N) is 1. The van der Waals surface area contributed by atoms with Crippen LogP contribution in [0, 0.1) is 6.92 Å². The van der Waals surface area contributed by atoms with Crippen molar-refractivity contribution in [1.29, 1.82) is 0 Å². The molecule has 0 aliphatic heterocycles. The minimum atomic E-state index is 0.289. The first kappa shape index (κ1) is 15.4. The van der Waals surface area contributed by atoms with Gasteiger partial charge in [-0.25, -0.2) is 0 Å². The van der Waals surface area contributed by atoms with E-state index in [1.807, 2.05) is 18.2 Å². The quantitative estimate of drug-likeness (QED) is 0.874. The van der Waals surface area contributed by atoms with Crippen molar-refractivity contribution in [2.24, 2.45) is 0 Å². The van der Waals surface area contributed by atoms with Gasteiger partial charge in [0.05, 0.1) is 14.2 Å². The van der Waals surface area contributed by atoms with Crippen LogP contribution in [0.4, 0.5) is 0 Å². The minimum Gasteiger partial charge on any atom is -0.497 e. The van der Waals surface area contributed by atoms with E-state index in [-0.39, 0.29) is 6.04 Å². The zero-order valence-electron chi connectivity index (χ0n) is 13.1. The fourth-order valence-corrected chi connectivity index (χ4v) is 2.32. The highest BCUT2D eigenvalue weighted by molar-refractivity contribution is 5.40. The third-order valence-electron chi connectivity index (χ3n) is 3.64. The van der Waals surface area contributed by atoms with Gasteiger partial charge in [-0.05, 0) is 25.5 Å². The number of rotatable bonds is 6. The second kappa shape index (κ2) is 7.14. The van der Waals surface area contributed by atoms with E-state index in [2.05, 4.69) is 43.4 Å². The highest BCUT2D eigenvalue weighted by Crippen LogP contribution is 2.25. The largest absolute Gasteiger partial charge is 0.497 e. The predicted molar refractivity (Wildman–Crippen MR) is 86.0 cm³/mol. The molecule has 0 spiro atoms. The van der Waals surface area contributed by atoms with E-state index >= 15 is 0 Å². The van der Waals surface area contributed by atoms with Crippen LogP contribution in [-0.2, 0) is 6.54 Å². The molecule has 0 aliphatic rings. The smallest absolute Gasteiger partial charge is 0.127 e. The highest BCUT2D eigenvalue weighted by atomic mass is 16.5. The molecule has 0 amide bonds. The predicted octanol–water partition coefficient (Wildman–Crippen LogP) is 3.86. The fourth-order valence-electron chi connectivity index (χ4n) is 2.32. The summed E-state index contributed by atoms with van der Waals surface area (Å²) in [5.41, 5.74) is 3.70. The molecule has 3 heteroatoms. The zero-order valence-corrected chi connectivity index (χ0v) is 13.1. The summed E-state index contributed by atoms with van der Waals surface area (Å²) < 4.78 is 10.6. The topological polar surface area (TPSA) is 30.5 Å². The van der Waals surface area contributed by atoms with Crippen molar-refractivity contribution in [1.82, 2.24) is 5.32 Å². The molecule has 0 saturated carbocycles. The van der Waals surface area contributed by atoms with E-state index < -0.39 is 0 Å². The molecule has 2 aromatic rings. The van der Waals surface area contributed by atoms with E-state index in [9.17, 15) is 0 Å². The van der Waals surface area contributed by atoms with Crippen molar-refractivity contribution in [2.45, 2.75) is 26.4 Å². The van der Waals surface area contributed by atoms with Crippen molar-refractivity contribution in [2.75, 3.05) is 14.2 Å². The van der Waals surface area contributed by atoms with Crippen molar-refractivity contribution < 1.29 is 9.47 Å². The molecule has 0 aromatic heterocycles. The first-order valence-corrected chi connectivity index (χ1v) is 7.15. The number of hydrogen-bond acceptors (Lipinski definition) is 3. The molecule has 0 heterocycles. The maximum absolute atomic E-state index is 5.42. The van der Waals surface area contributed by atoms with Gasteiger partial charge in [0.1, 0.15) is 11.5 Å². The average Bonchev–Trinajstić information content (AvgIpc) is 2.52. The standard InChI is InChI=1S/C18H23NO2/c1-13-6-5-7-15(10-13)14(2)19-12-16-8-9-17(20-3)11-18(16)21-4/h5-11,14,19H,12H2,1-4H3/t14-/m1/s1. The summed E-state index contributed by atoms with van der Waals surface area (Å²) in [7, 11) is 3.34. The molecule has 0 aliphatic carbocycles. The molecule has 2 aromatic carbocycles. The summed E-state index contributed by atoms with van der Waals surface area (Å²) in [6.07, 6.45) is 0. The monoisotopic (exact) mass is 285 g/mol. The van der Waals surface area contributed by atoms with Crippen molar-refractivity contribution in [3.63, 3.8) is 0 Å². The minimum absolute atomic E-state index is 0.289. The van der Waals surface area contributed by atoms with Gasteiger partial charge in [-0.3, -0.25) is 0 Å². The maximum atomic E-state index is 5.42. The molecular weight excluding hydrogens is 262 g/mol. The van der Waals surface area contributed by atoms with Crippen LogP contribution >= 0.6 is 0 Å². The summed E-state index contributed by atoms with van der Waals surface area (Å²) in [5, 5.41) is 3.53. The summed E-state index contributed by atoms with van der Waals surface area (Å²) in [6.45, 7) is 5.04. The molecule has 0 unspecified atom stereocenters. The Morgan fingerprint density at radius 2 is 1.86 bits per heavy atom. The Labute approximate surface area is 126 Å². The van der Waals surface area contributed by atoms with Gasteiger partial charge in [0, 0.05) is 24.2 Å². The number of aryl methyl sites for hydroxylation is 1. The normalized spacial score (nSPS) is 12.0. The third kappa shape index (κ3) is 3.99. The molecule has 0 radical (unpaired) electrons. The lowest BCUT2D eigenvalue weighted by atomic mass is 10.1. The van der Waals surface area contributed by atoms with E-state index in [0.717, 1.165) is 23.6 Å². The summed E-state index contributed by atoms with van der Waals surface area (Å²) >= 11 is 0. The van der Waals surface area contributed by atoms with E-state index in [0.29, 0.717) is 0 Å². The Kier molecular flexibility index (Phi) is 5.23. The Morgan fingerprint density at radius 3 is 2.52 bits per heavy atom. The molecule has 0 bridgehead atoms. The Bertz CT molecular complexity index is 596. The van der Waals surface area contributed by atoms with Crippen molar-refractivity contribution >= 4 is 0 Å². The molecule has 3 nitrogen and oxygen atoms in total. The molecule has 1 N–H and O–H groups in total. The molecule has 21 heavy (non-hydrogen) atoms. The van der Waals surface area contributed by atoms with Gasteiger partial charge >= 0.3 is 0 Å². The van der Waals surface area contributed by atoms with Gasteiger partial charge in [0.2, 0.25) is 0 Å². The van der Waals surface area contributed by atoms with Gasteiger partial charge in [-0.15, -0.1) is 0 Å². The molecule has 0 saturated heterocycles. The number of ether oxygens (including phenoxy) is 2. The van der Waals surface area contributed by atoms with Crippen molar-refractivity contribution in [3.8, 4) is 11.5 Å².